The number of aryl methyl sites for hydroxylation is 2. The average molecular weight is 304 g/mol. The predicted octanol–water partition coefficient (Wildman–Crippen LogP) is 4.96. The fourth-order valence-electron chi connectivity index (χ4n) is 3.51. The molecule has 0 bridgehead atoms. The highest BCUT2D eigenvalue weighted by Crippen LogP contribution is 2.49. The third kappa shape index (κ3) is 1.41. The molecule has 22 heavy (non-hydrogen) atoms. The van der Waals surface area contributed by atoms with Gasteiger partial charge >= 0.3 is 0 Å². The SMILES string of the molecule is Cc1c2c(cc3ccccc13)Oc1csc3cc[n+](C)c-2c13. The highest BCUT2D eigenvalue weighted by Gasteiger charge is 2.30. The van der Waals surface area contributed by atoms with Crippen molar-refractivity contribution < 1.29 is 9.30 Å². The zero-order chi connectivity index (χ0) is 14.8. The Hall–Kier alpha value is -2.39. The highest BCUT2D eigenvalue weighted by molar-refractivity contribution is 7.17. The summed E-state index contributed by atoms with van der Waals surface area (Å²) in [4.78, 5) is 0. The molecule has 0 fully saturated rings. The second kappa shape index (κ2) is 4.08. The van der Waals surface area contributed by atoms with Crippen LogP contribution in [0, 0.1) is 6.92 Å². The molecule has 1 aliphatic heterocycles. The first-order valence-electron chi connectivity index (χ1n) is 7.34. The standard InChI is InChI=1S/C19H14NOS/c1-11-13-6-4-3-5-12(13)9-14-17(11)19-18-15(21-14)10-22-16(18)7-8-20(19)2/h3-10H,1-2H3/q+1. The quantitative estimate of drug-likeness (QED) is 0.369. The molecule has 0 spiro atoms. The summed E-state index contributed by atoms with van der Waals surface area (Å²) >= 11 is 1.74. The Morgan fingerprint density at radius 1 is 1.09 bits per heavy atom. The van der Waals surface area contributed by atoms with Crippen molar-refractivity contribution >= 4 is 32.2 Å². The summed E-state index contributed by atoms with van der Waals surface area (Å²) in [5, 5.41) is 5.87. The molecule has 0 saturated heterocycles. The molecule has 4 aromatic rings. The van der Waals surface area contributed by atoms with E-state index in [1.807, 2.05) is 0 Å². The molecule has 3 heterocycles. The molecule has 0 atom stereocenters. The maximum Gasteiger partial charge on any atom is 0.228 e. The number of nitrogens with zero attached hydrogens (tertiary/aromatic N) is 1. The zero-order valence-electron chi connectivity index (χ0n) is 12.4. The van der Waals surface area contributed by atoms with E-state index in [0.29, 0.717) is 0 Å². The Morgan fingerprint density at radius 3 is 2.86 bits per heavy atom. The lowest BCUT2D eigenvalue weighted by Crippen LogP contribution is -2.31. The number of rotatable bonds is 0. The Morgan fingerprint density at radius 2 is 1.95 bits per heavy atom. The molecule has 5 rings (SSSR count). The summed E-state index contributed by atoms with van der Waals surface area (Å²) in [6, 6.07) is 12.8. The van der Waals surface area contributed by atoms with Gasteiger partial charge in [0.1, 0.15) is 18.2 Å². The van der Waals surface area contributed by atoms with Crippen molar-refractivity contribution in [2.45, 2.75) is 6.92 Å². The van der Waals surface area contributed by atoms with Crippen molar-refractivity contribution in [3.05, 3.63) is 53.5 Å². The van der Waals surface area contributed by atoms with Crippen LogP contribution >= 0.6 is 11.3 Å². The van der Waals surface area contributed by atoms with E-state index in [-0.39, 0.29) is 0 Å². The Balaban J connectivity index is 2.02. The van der Waals surface area contributed by atoms with Crippen molar-refractivity contribution in [2.24, 2.45) is 7.05 Å². The second-order valence-electron chi connectivity index (χ2n) is 5.81. The summed E-state index contributed by atoms with van der Waals surface area (Å²) in [6.45, 7) is 2.20. The maximum absolute atomic E-state index is 6.23. The van der Waals surface area contributed by atoms with Crippen molar-refractivity contribution in [3.8, 4) is 22.8 Å². The Kier molecular flexibility index (Phi) is 2.26. The van der Waals surface area contributed by atoms with Gasteiger partial charge in [0.15, 0.2) is 11.9 Å². The lowest BCUT2D eigenvalue weighted by atomic mass is 9.94. The molecule has 1 aliphatic rings. The van der Waals surface area contributed by atoms with E-state index in [1.54, 1.807) is 11.3 Å². The number of hydrogen-bond acceptors (Lipinski definition) is 2. The third-order valence-corrected chi connectivity index (χ3v) is 5.48. The van der Waals surface area contributed by atoms with Gasteiger partial charge in [-0.05, 0) is 29.3 Å². The van der Waals surface area contributed by atoms with Gasteiger partial charge in [0.25, 0.3) is 0 Å². The Labute approximate surface area is 132 Å². The molecule has 2 aromatic carbocycles. The Bertz CT molecular complexity index is 1080. The number of hydrogen-bond donors (Lipinski definition) is 0. The zero-order valence-corrected chi connectivity index (χ0v) is 13.2. The maximum atomic E-state index is 6.23. The van der Waals surface area contributed by atoms with Crippen LogP contribution in [0.1, 0.15) is 5.56 Å². The minimum Gasteiger partial charge on any atom is -0.455 e. The van der Waals surface area contributed by atoms with Crippen LogP contribution < -0.4 is 9.30 Å². The van der Waals surface area contributed by atoms with E-state index in [2.05, 4.69) is 66.5 Å². The molecule has 0 amide bonds. The van der Waals surface area contributed by atoms with Gasteiger partial charge in [0.05, 0.1) is 10.3 Å². The smallest absolute Gasteiger partial charge is 0.228 e. The van der Waals surface area contributed by atoms with Crippen LogP contribution in [-0.2, 0) is 7.05 Å². The summed E-state index contributed by atoms with van der Waals surface area (Å²) < 4.78 is 9.72. The lowest BCUT2D eigenvalue weighted by Gasteiger charge is -2.19. The number of aromatic nitrogens is 1. The lowest BCUT2D eigenvalue weighted by molar-refractivity contribution is -0.659. The second-order valence-corrected chi connectivity index (χ2v) is 6.72. The molecule has 0 radical (unpaired) electrons. The van der Waals surface area contributed by atoms with Crippen LogP contribution in [0.25, 0.3) is 32.1 Å². The largest absolute Gasteiger partial charge is 0.455 e. The molecular weight excluding hydrogens is 290 g/mol. The first-order chi connectivity index (χ1) is 10.7. The van der Waals surface area contributed by atoms with Gasteiger partial charge in [0.2, 0.25) is 5.69 Å². The number of pyridine rings is 1. The van der Waals surface area contributed by atoms with Gasteiger partial charge in [-0.15, -0.1) is 11.3 Å². The van der Waals surface area contributed by atoms with Gasteiger partial charge in [-0.3, -0.25) is 0 Å². The number of ether oxygens (including phenoxy) is 1. The fraction of sp³-hybridized carbons (Fsp3) is 0.105. The van der Waals surface area contributed by atoms with Gasteiger partial charge in [-0.2, -0.15) is 0 Å². The molecule has 106 valence electrons. The molecule has 3 heteroatoms. The number of thiophene rings is 1. The molecule has 0 unspecified atom stereocenters. The molecule has 0 saturated carbocycles. The van der Waals surface area contributed by atoms with Crippen LogP contribution in [0.15, 0.2) is 48.0 Å². The summed E-state index contributed by atoms with van der Waals surface area (Å²) in [7, 11) is 2.11. The van der Waals surface area contributed by atoms with E-state index in [1.165, 1.54) is 37.7 Å². The highest BCUT2D eigenvalue weighted by atomic mass is 32.1. The van der Waals surface area contributed by atoms with Crippen molar-refractivity contribution in [2.75, 3.05) is 0 Å². The third-order valence-electron chi connectivity index (χ3n) is 4.55. The van der Waals surface area contributed by atoms with Crippen molar-refractivity contribution in [3.63, 3.8) is 0 Å². The van der Waals surface area contributed by atoms with E-state index >= 15 is 0 Å². The molecular formula is C19H14NOS+. The van der Waals surface area contributed by atoms with E-state index < -0.39 is 0 Å². The van der Waals surface area contributed by atoms with Gasteiger partial charge < -0.3 is 4.74 Å². The average Bonchev–Trinajstić information content (AvgIpc) is 2.94. The first kappa shape index (κ1) is 12.2. The van der Waals surface area contributed by atoms with Crippen LogP contribution in [0.2, 0.25) is 0 Å². The minimum absolute atomic E-state index is 0.963. The van der Waals surface area contributed by atoms with Gasteiger partial charge in [-0.1, -0.05) is 24.3 Å². The minimum atomic E-state index is 0.963. The number of benzene rings is 2. The molecule has 0 aliphatic carbocycles. The summed E-state index contributed by atoms with van der Waals surface area (Å²) in [5.41, 5.74) is 3.77. The molecule has 2 aromatic heterocycles. The van der Waals surface area contributed by atoms with Crippen molar-refractivity contribution in [1.82, 2.24) is 0 Å². The monoisotopic (exact) mass is 304 g/mol. The van der Waals surface area contributed by atoms with Crippen LogP contribution in [0.3, 0.4) is 0 Å². The van der Waals surface area contributed by atoms with E-state index in [4.69, 9.17) is 4.74 Å². The van der Waals surface area contributed by atoms with Crippen molar-refractivity contribution in [1.29, 1.82) is 0 Å². The van der Waals surface area contributed by atoms with Gasteiger partial charge in [0, 0.05) is 11.4 Å². The molecule has 2 nitrogen and oxygen atoms in total. The van der Waals surface area contributed by atoms with E-state index in [0.717, 1.165) is 11.5 Å². The van der Waals surface area contributed by atoms with Crippen LogP contribution in [0.5, 0.6) is 11.5 Å². The summed E-state index contributed by atoms with van der Waals surface area (Å²) in [5.74, 6) is 1.94. The predicted molar refractivity (Wildman–Crippen MR) is 90.8 cm³/mol. The first-order valence-corrected chi connectivity index (χ1v) is 8.22. The van der Waals surface area contributed by atoms with Gasteiger partial charge in [-0.25, -0.2) is 4.57 Å². The fourth-order valence-corrected chi connectivity index (χ4v) is 4.36. The topological polar surface area (TPSA) is 13.1 Å². The van der Waals surface area contributed by atoms with E-state index in [9.17, 15) is 0 Å². The molecule has 0 N–H and O–H groups in total. The summed E-state index contributed by atoms with van der Waals surface area (Å²) in [6.07, 6.45) is 2.14. The van der Waals surface area contributed by atoms with Crippen LogP contribution in [-0.4, -0.2) is 0 Å². The number of fused-ring (bicyclic) bond motifs is 3. The normalized spacial score (nSPS) is 12.5. The van der Waals surface area contributed by atoms with Crippen LogP contribution in [0.4, 0.5) is 0 Å².